The minimum Gasteiger partial charge on any atom is -0.497 e. The van der Waals surface area contributed by atoms with Gasteiger partial charge in [-0.1, -0.05) is 0 Å². The van der Waals surface area contributed by atoms with Gasteiger partial charge in [-0.3, -0.25) is 4.79 Å². The molecule has 1 aromatic rings. The Kier molecular flexibility index (Phi) is 3.84. The van der Waals surface area contributed by atoms with Crippen molar-refractivity contribution >= 4 is 5.78 Å². The second-order valence-corrected chi connectivity index (χ2v) is 4.27. The molecule has 1 saturated heterocycles. The Balaban J connectivity index is 2.29. The van der Waals surface area contributed by atoms with Crippen LogP contribution < -0.4 is 15.2 Å². The van der Waals surface area contributed by atoms with Crippen LogP contribution in [-0.4, -0.2) is 39.3 Å². The Hall–Kier alpha value is -1.59. The maximum absolute atomic E-state index is 12.3. The highest BCUT2D eigenvalue weighted by atomic mass is 16.5. The van der Waals surface area contributed by atoms with Crippen molar-refractivity contribution in [2.45, 2.75) is 6.04 Å². The third-order valence-electron chi connectivity index (χ3n) is 3.10. The molecular formula is C13H17NO4. The van der Waals surface area contributed by atoms with E-state index in [4.69, 9.17) is 19.9 Å². The van der Waals surface area contributed by atoms with Crippen LogP contribution in [0.2, 0.25) is 0 Å². The highest BCUT2D eigenvalue weighted by molar-refractivity contribution is 5.99. The molecule has 0 radical (unpaired) electrons. The first-order chi connectivity index (χ1) is 8.65. The Labute approximate surface area is 106 Å². The van der Waals surface area contributed by atoms with E-state index < -0.39 is 0 Å². The van der Waals surface area contributed by atoms with Crippen LogP contribution in [0.3, 0.4) is 0 Å². The lowest BCUT2D eigenvalue weighted by Crippen LogP contribution is -2.34. The summed E-state index contributed by atoms with van der Waals surface area (Å²) in [5.41, 5.74) is 6.39. The summed E-state index contributed by atoms with van der Waals surface area (Å²) in [6.45, 7) is 0.803. The van der Waals surface area contributed by atoms with Crippen LogP contribution >= 0.6 is 0 Å². The van der Waals surface area contributed by atoms with Crippen LogP contribution in [0, 0.1) is 5.92 Å². The fourth-order valence-electron chi connectivity index (χ4n) is 2.00. The lowest BCUT2D eigenvalue weighted by atomic mass is 9.93. The van der Waals surface area contributed by atoms with Crippen molar-refractivity contribution < 1.29 is 19.0 Å². The standard InChI is InChI=1S/C13H17NO4/c1-16-9-3-8(4-10(5-9)17-2)13(15)11-6-18-7-12(11)14/h3-5,11-12H,6-7,14H2,1-2H3. The van der Waals surface area contributed by atoms with E-state index in [0.717, 1.165) is 0 Å². The zero-order valence-electron chi connectivity index (χ0n) is 10.5. The van der Waals surface area contributed by atoms with E-state index in [9.17, 15) is 4.79 Å². The first kappa shape index (κ1) is 12.9. The van der Waals surface area contributed by atoms with E-state index in [-0.39, 0.29) is 17.7 Å². The molecule has 1 aliphatic heterocycles. The predicted octanol–water partition coefficient (Wildman–Crippen LogP) is 0.860. The molecule has 5 nitrogen and oxygen atoms in total. The van der Waals surface area contributed by atoms with Crippen molar-refractivity contribution in [1.29, 1.82) is 0 Å². The zero-order chi connectivity index (χ0) is 13.1. The lowest BCUT2D eigenvalue weighted by Gasteiger charge is -2.13. The van der Waals surface area contributed by atoms with Gasteiger partial charge in [-0.05, 0) is 12.1 Å². The Morgan fingerprint density at radius 2 is 1.83 bits per heavy atom. The van der Waals surface area contributed by atoms with Crippen molar-refractivity contribution in [2.75, 3.05) is 27.4 Å². The van der Waals surface area contributed by atoms with Crippen molar-refractivity contribution in [3.63, 3.8) is 0 Å². The monoisotopic (exact) mass is 251 g/mol. The molecule has 1 heterocycles. The van der Waals surface area contributed by atoms with Crippen LogP contribution in [0.1, 0.15) is 10.4 Å². The van der Waals surface area contributed by atoms with Gasteiger partial charge in [0.1, 0.15) is 11.5 Å². The number of ether oxygens (including phenoxy) is 3. The molecule has 0 saturated carbocycles. The number of nitrogens with two attached hydrogens (primary N) is 1. The first-order valence-corrected chi connectivity index (χ1v) is 5.76. The molecule has 0 amide bonds. The molecule has 98 valence electrons. The summed E-state index contributed by atoms with van der Waals surface area (Å²) in [5, 5.41) is 0. The summed E-state index contributed by atoms with van der Waals surface area (Å²) < 4.78 is 15.5. The number of carbonyl (C=O) groups excluding carboxylic acids is 1. The van der Waals surface area contributed by atoms with Crippen molar-refractivity contribution in [3.05, 3.63) is 23.8 Å². The van der Waals surface area contributed by atoms with Gasteiger partial charge in [0.25, 0.3) is 0 Å². The molecule has 2 N–H and O–H groups in total. The van der Waals surface area contributed by atoms with Crippen LogP contribution in [-0.2, 0) is 4.74 Å². The fourth-order valence-corrected chi connectivity index (χ4v) is 2.00. The Bertz CT molecular complexity index is 424. The smallest absolute Gasteiger partial charge is 0.170 e. The van der Waals surface area contributed by atoms with Crippen molar-refractivity contribution in [1.82, 2.24) is 0 Å². The van der Waals surface area contributed by atoms with Crippen LogP contribution in [0.15, 0.2) is 18.2 Å². The van der Waals surface area contributed by atoms with Gasteiger partial charge in [-0.25, -0.2) is 0 Å². The van der Waals surface area contributed by atoms with Gasteiger partial charge in [-0.2, -0.15) is 0 Å². The van der Waals surface area contributed by atoms with E-state index in [1.165, 1.54) is 0 Å². The molecule has 0 aromatic heterocycles. The van der Waals surface area contributed by atoms with Crippen LogP contribution in [0.4, 0.5) is 0 Å². The molecule has 1 aliphatic rings. The van der Waals surface area contributed by atoms with Gasteiger partial charge in [0.2, 0.25) is 0 Å². The number of benzene rings is 1. The highest BCUT2D eigenvalue weighted by Gasteiger charge is 2.32. The largest absolute Gasteiger partial charge is 0.497 e. The van der Waals surface area contributed by atoms with E-state index in [1.54, 1.807) is 32.4 Å². The zero-order valence-corrected chi connectivity index (χ0v) is 10.5. The molecule has 5 heteroatoms. The first-order valence-electron chi connectivity index (χ1n) is 5.76. The number of Topliss-reactive ketones (excluding diaryl/α,β-unsaturated/α-hetero) is 1. The summed E-state index contributed by atoms with van der Waals surface area (Å²) >= 11 is 0. The maximum Gasteiger partial charge on any atom is 0.170 e. The number of ketones is 1. The molecule has 2 atom stereocenters. The van der Waals surface area contributed by atoms with Crippen molar-refractivity contribution in [3.8, 4) is 11.5 Å². The molecule has 1 aromatic carbocycles. The third kappa shape index (κ3) is 2.47. The lowest BCUT2D eigenvalue weighted by molar-refractivity contribution is 0.0895. The van der Waals surface area contributed by atoms with E-state index in [1.807, 2.05) is 0 Å². The fraction of sp³-hybridized carbons (Fsp3) is 0.462. The van der Waals surface area contributed by atoms with Crippen LogP contribution in [0.25, 0.3) is 0 Å². The normalized spacial score (nSPS) is 22.8. The number of methoxy groups -OCH3 is 2. The van der Waals surface area contributed by atoms with Gasteiger partial charge >= 0.3 is 0 Å². The van der Waals surface area contributed by atoms with Gasteiger partial charge in [0.15, 0.2) is 5.78 Å². The second-order valence-electron chi connectivity index (χ2n) is 4.27. The average Bonchev–Trinajstić information content (AvgIpc) is 2.83. The van der Waals surface area contributed by atoms with E-state index in [2.05, 4.69) is 0 Å². The Morgan fingerprint density at radius 3 is 2.28 bits per heavy atom. The second kappa shape index (κ2) is 5.37. The van der Waals surface area contributed by atoms with E-state index >= 15 is 0 Å². The topological polar surface area (TPSA) is 70.8 Å². The maximum atomic E-state index is 12.3. The quantitative estimate of drug-likeness (QED) is 0.804. The van der Waals surface area contributed by atoms with Crippen molar-refractivity contribution in [2.24, 2.45) is 11.7 Å². The number of rotatable bonds is 4. The summed E-state index contributed by atoms with van der Waals surface area (Å²) in [6, 6.07) is 4.86. The Morgan fingerprint density at radius 1 is 1.22 bits per heavy atom. The average molecular weight is 251 g/mol. The molecule has 18 heavy (non-hydrogen) atoms. The molecule has 0 bridgehead atoms. The van der Waals surface area contributed by atoms with E-state index in [0.29, 0.717) is 30.3 Å². The van der Waals surface area contributed by atoms with Crippen LogP contribution in [0.5, 0.6) is 11.5 Å². The third-order valence-corrected chi connectivity index (χ3v) is 3.10. The molecule has 2 unspecified atom stereocenters. The van der Waals surface area contributed by atoms with Gasteiger partial charge in [-0.15, -0.1) is 0 Å². The number of carbonyl (C=O) groups is 1. The van der Waals surface area contributed by atoms with Gasteiger partial charge in [0.05, 0.1) is 33.4 Å². The SMILES string of the molecule is COc1cc(OC)cc(C(=O)C2COCC2N)c1. The summed E-state index contributed by atoms with van der Waals surface area (Å²) in [6.07, 6.45) is 0. The highest BCUT2D eigenvalue weighted by Crippen LogP contribution is 2.26. The molecule has 2 rings (SSSR count). The predicted molar refractivity (Wildman–Crippen MR) is 66.2 cm³/mol. The summed E-state index contributed by atoms with van der Waals surface area (Å²) in [4.78, 5) is 12.3. The summed E-state index contributed by atoms with van der Waals surface area (Å²) in [5.74, 6) is 0.856. The molecule has 0 aliphatic carbocycles. The summed E-state index contributed by atoms with van der Waals surface area (Å²) in [7, 11) is 3.10. The van der Waals surface area contributed by atoms with Gasteiger partial charge < -0.3 is 19.9 Å². The molecule has 0 spiro atoms. The number of hydrogen-bond donors (Lipinski definition) is 1. The van der Waals surface area contributed by atoms with Gasteiger partial charge in [0, 0.05) is 17.7 Å². The minimum atomic E-state index is -0.290. The molecule has 1 fully saturated rings. The minimum absolute atomic E-state index is 0.0304. The molecular weight excluding hydrogens is 234 g/mol. The number of hydrogen-bond acceptors (Lipinski definition) is 5.